The number of anilines is 2. The maximum Gasteiger partial charge on any atom is 0.149 e. The van der Waals surface area contributed by atoms with Crippen LogP contribution in [0.15, 0.2) is 54.7 Å². The van der Waals surface area contributed by atoms with Gasteiger partial charge in [0.2, 0.25) is 0 Å². The quantitative estimate of drug-likeness (QED) is 0.743. The molecule has 1 heterocycles. The maximum atomic E-state index is 12.8. The molecule has 0 unspecified atom stereocenters. The van der Waals surface area contributed by atoms with E-state index in [-0.39, 0.29) is 5.82 Å². The number of para-hydroxylation sites is 2. The monoisotopic (exact) mass is 239 g/mol. The van der Waals surface area contributed by atoms with Crippen LogP contribution in [0, 0.1) is 5.82 Å². The molecule has 0 bridgehead atoms. The molecule has 0 aliphatic carbocycles. The Balaban J connectivity index is 1.92. The molecule has 0 spiro atoms. The van der Waals surface area contributed by atoms with Crippen molar-refractivity contribution < 1.29 is 4.39 Å². The smallest absolute Gasteiger partial charge is 0.149 e. The predicted octanol–water partition coefficient (Wildman–Crippen LogP) is 3.51. The number of benzene rings is 2. The van der Waals surface area contributed by atoms with Crippen LogP contribution in [0.25, 0.3) is 11.0 Å². The van der Waals surface area contributed by atoms with E-state index in [1.807, 2.05) is 24.3 Å². The molecular formula is C14H10FN3. The van der Waals surface area contributed by atoms with E-state index in [1.54, 1.807) is 18.3 Å². The average Bonchev–Trinajstić information content (AvgIpc) is 2.41. The van der Waals surface area contributed by atoms with Gasteiger partial charge in [0.15, 0.2) is 0 Å². The molecule has 0 aliphatic rings. The summed E-state index contributed by atoms with van der Waals surface area (Å²) in [5.41, 5.74) is 2.45. The van der Waals surface area contributed by atoms with E-state index in [4.69, 9.17) is 0 Å². The number of rotatable bonds is 2. The van der Waals surface area contributed by atoms with Gasteiger partial charge in [-0.25, -0.2) is 9.37 Å². The molecule has 1 N–H and O–H groups in total. The first-order chi connectivity index (χ1) is 8.81. The summed E-state index contributed by atoms with van der Waals surface area (Å²) in [6, 6.07) is 13.8. The Bertz CT molecular complexity index is 680. The van der Waals surface area contributed by atoms with Crippen LogP contribution in [0.3, 0.4) is 0 Å². The van der Waals surface area contributed by atoms with Gasteiger partial charge in [0.1, 0.15) is 11.6 Å². The molecule has 0 atom stereocenters. The van der Waals surface area contributed by atoms with E-state index >= 15 is 0 Å². The number of fused-ring (bicyclic) bond motifs is 1. The van der Waals surface area contributed by atoms with Crippen LogP contribution in [0.1, 0.15) is 0 Å². The van der Waals surface area contributed by atoms with Crippen LogP contribution < -0.4 is 5.32 Å². The lowest BCUT2D eigenvalue weighted by Crippen LogP contribution is -1.95. The van der Waals surface area contributed by atoms with Crippen molar-refractivity contribution >= 4 is 22.5 Å². The van der Waals surface area contributed by atoms with Crippen molar-refractivity contribution in [1.82, 2.24) is 9.97 Å². The van der Waals surface area contributed by atoms with Crippen LogP contribution in [-0.2, 0) is 0 Å². The second kappa shape index (κ2) is 4.41. The topological polar surface area (TPSA) is 37.8 Å². The molecule has 1 aromatic heterocycles. The van der Waals surface area contributed by atoms with E-state index in [1.165, 1.54) is 12.1 Å². The molecule has 88 valence electrons. The van der Waals surface area contributed by atoms with Crippen molar-refractivity contribution in [3.8, 4) is 0 Å². The largest absolute Gasteiger partial charge is 0.339 e. The van der Waals surface area contributed by atoms with E-state index in [0.717, 1.165) is 16.7 Å². The number of hydrogen-bond donors (Lipinski definition) is 1. The Morgan fingerprint density at radius 3 is 2.39 bits per heavy atom. The summed E-state index contributed by atoms with van der Waals surface area (Å²) in [5.74, 6) is 0.380. The number of halogens is 1. The van der Waals surface area contributed by atoms with Crippen molar-refractivity contribution in [3.63, 3.8) is 0 Å². The van der Waals surface area contributed by atoms with Gasteiger partial charge >= 0.3 is 0 Å². The molecule has 0 saturated carbocycles. The first-order valence-corrected chi connectivity index (χ1v) is 5.56. The lowest BCUT2D eigenvalue weighted by atomic mass is 10.3. The van der Waals surface area contributed by atoms with Crippen molar-refractivity contribution in [2.45, 2.75) is 0 Å². The molecule has 0 amide bonds. The Morgan fingerprint density at radius 2 is 1.61 bits per heavy atom. The van der Waals surface area contributed by atoms with Crippen molar-refractivity contribution in [2.24, 2.45) is 0 Å². The van der Waals surface area contributed by atoms with Crippen LogP contribution >= 0.6 is 0 Å². The third kappa shape index (κ3) is 2.13. The molecule has 0 radical (unpaired) electrons. The van der Waals surface area contributed by atoms with Crippen LogP contribution in [-0.4, -0.2) is 9.97 Å². The third-order valence-electron chi connectivity index (χ3n) is 2.57. The highest BCUT2D eigenvalue weighted by Crippen LogP contribution is 2.16. The highest BCUT2D eigenvalue weighted by Gasteiger charge is 1.99. The van der Waals surface area contributed by atoms with Gasteiger partial charge in [0.05, 0.1) is 17.2 Å². The van der Waals surface area contributed by atoms with Crippen LogP contribution in [0.2, 0.25) is 0 Å². The second-order valence-electron chi connectivity index (χ2n) is 3.88. The first-order valence-electron chi connectivity index (χ1n) is 5.56. The SMILES string of the molecule is Fc1ccc(Nc2cnc3ccccc3n2)cc1. The van der Waals surface area contributed by atoms with E-state index in [2.05, 4.69) is 15.3 Å². The van der Waals surface area contributed by atoms with Gasteiger partial charge in [-0.3, -0.25) is 4.98 Å². The minimum atomic E-state index is -0.259. The highest BCUT2D eigenvalue weighted by atomic mass is 19.1. The minimum absolute atomic E-state index is 0.259. The number of hydrogen-bond acceptors (Lipinski definition) is 3. The summed E-state index contributed by atoms with van der Waals surface area (Å²) in [6.45, 7) is 0. The molecule has 0 saturated heterocycles. The Hall–Kier alpha value is -2.49. The Kier molecular flexibility index (Phi) is 2.61. The third-order valence-corrected chi connectivity index (χ3v) is 2.57. The molecule has 3 nitrogen and oxygen atoms in total. The number of aromatic nitrogens is 2. The normalized spacial score (nSPS) is 10.5. The fourth-order valence-corrected chi connectivity index (χ4v) is 1.70. The molecule has 2 aromatic carbocycles. The van der Waals surface area contributed by atoms with E-state index < -0.39 is 0 Å². The molecule has 3 rings (SSSR count). The summed E-state index contributed by atoms with van der Waals surface area (Å²) in [4.78, 5) is 8.72. The molecule has 18 heavy (non-hydrogen) atoms. The highest BCUT2D eigenvalue weighted by molar-refractivity contribution is 5.75. The summed E-state index contributed by atoms with van der Waals surface area (Å²) >= 11 is 0. The second-order valence-corrected chi connectivity index (χ2v) is 3.88. The van der Waals surface area contributed by atoms with Gasteiger partial charge in [0.25, 0.3) is 0 Å². The van der Waals surface area contributed by atoms with Gasteiger partial charge in [0, 0.05) is 5.69 Å². The summed E-state index contributed by atoms with van der Waals surface area (Å²) in [7, 11) is 0. The number of nitrogens with zero attached hydrogens (tertiary/aromatic N) is 2. The fraction of sp³-hybridized carbons (Fsp3) is 0. The first kappa shape index (κ1) is 10.7. The fourth-order valence-electron chi connectivity index (χ4n) is 1.70. The zero-order valence-electron chi connectivity index (χ0n) is 9.47. The number of nitrogens with one attached hydrogen (secondary N) is 1. The van der Waals surface area contributed by atoms with Gasteiger partial charge in [-0.05, 0) is 36.4 Å². The van der Waals surface area contributed by atoms with Crippen molar-refractivity contribution in [2.75, 3.05) is 5.32 Å². The molecule has 4 heteroatoms. The van der Waals surface area contributed by atoms with Crippen molar-refractivity contribution in [1.29, 1.82) is 0 Å². The lowest BCUT2D eigenvalue weighted by Gasteiger charge is -2.05. The average molecular weight is 239 g/mol. The molecule has 3 aromatic rings. The zero-order chi connectivity index (χ0) is 12.4. The zero-order valence-corrected chi connectivity index (χ0v) is 9.47. The molecule has 0 aliphatic heterocycles. The standard InChI is InChI=1S/C14H10FN3/c15-10-5-7-11(8-6-10)17-14-9-16-12-3-1-2-4-13(12)18-14/h1-9H,(H,17,18). The van der Waals surface area contributed by atoms with Crippen LogP contribution in [0.5, 0.6) is 0 Å². The van der Waals surface area contributed by atoms with Gasteiger partial charge in [-0.1, -0.05) is 12.1 Å². The molecule has 0 fully saturated rings. The summed E-state index contributed by atoms with van der Waals surface area (Å²) in [5, 5.41) is 3.08. The lowest BCUT2D eigenvalue weighted by molar-refractivity contribution is 0.628. The van der Waals surface area contributed by atoms with Crippen LogP contribution in [0.4, 0.5) is 15.9 Å². The van der Waals surface area contributed by atoms with Gasteiger partial charge in [-0.2, -0.15) is 0 Å². The molecular weight excluding hydrogens is 229 g/mol. The van der Waals surface area contributed by atoms with E-state index in [0.29, 0.717) is 5.82 Å². The van der Waals surface area contributed by atoms with Gasteiger partial charge in [-0.15, -0.1) is 0 Å². The predicted molar refractivity (Wildman–Crippen MR) is 69.2 cm³/mol. The minimum Gasteiger partial charge on any atom is -0.339 e. The maximum absolute atomic E-state index is 12.8. The summed E-state index contributed by atoms with van der Waals surface area (Å²) < 4.78 is 12.8. The Labute approximate surface area is 103 Å². The Morgan fingerprint density at radius 1 is 0.889 bits per heavy atom. The van der Waals surface area contributed by atoms with Crippen molar-refractivity contribution in [3.05, 3.63) is 60.5 Å². The van der Waals surface area contributed by atoms with E-state index in [9.17, 15) is 4.39 Å². The van der Waals surface area contributed by atoms with Gasteiger partial charge < -0.3 is 5.32 Å². The summed E-state index contributed by atoms with van der Waals surface area (Å²) in [6.07, 6.45) is 1.66.